The van der Waals surface area contributed by atoms with Gasteiger partial charge in [0.1, 0.15) is 12.2 Å². The van der Waals surface area contributed by atoms with Crippen LogP contribution in [0.3, 0.4) is 0 Å². The van der Waals surface area contributed by atoms with E-state index in [1.807, 2.05) is 36.4 Å². The summed E-state index contributed by atoms with van der Waals surface area (Å²) in [7, 11) is 0. The van der Waals surface area contributed by atoms with E-state index in [0.717, 1.165) is 22.3 Å². The number of likely N-dealkylation sites (tertiary alicyclic amines) is 1. The maximum atomic E-state index is 13.3. The van der Waals surface area contributed by atoms with E-state index in [1.165, 1.54) is 9.80 Å². The monoisotopic (exact) mass is 480 g/mol. The highest BCUT2D eigenvalue weighted by Crippen LogP contribution is 2.44. The molecule has 1 unspecified atom stereocenters. The number of benzene rings is 2. The van der Waals surface area contributed by atoms with Gasteiger partial charge in [-0.25, -0.2) is 14.4 Å². The fraction of sp³-hybridized carbons (Fsp3) is 0.444. The van der Waals surface area contributed by atoms with Gasteiger partial charge in [0.25, 0.3) is 0 Å². The molecule has 35 heavy (non-hydrogen) atoms. The molecule has 8 heteroatoms. The number of carbonyl (C=O) groups excluding carboxylic acids is 2. The number of nitrogens with zero attached hydrogens (tertiary/aromatic N) is 2. The highest BCUT2D eigenvalue weighted by Gasteiger charge is 2.53. The number of carboxylic acids is 1. The van der Waals surface area contributed by atoms with Gasteiger partial charge in [0.15, 0.2) is 5.54 Å². The summed E-state index contributed by atoms with van der Waals surface area (Å²) in [5.41, 5.74) is 2.10. The molecule has 0 aromatic heterocycles. The third-order valence-corrected chi connectivity index (χ3v) is 6.69. The molecule has 1 aliphatic carbocycles. The van der Waals surface area contributed by atoms with Gasteiger partial charge in [-0.15, -0.1) is 0 Å². The molecule has 1 atom stereocenters. The lowest BCUT2D eigenvalue weighted by Gasteiger charge is -2.36. The summed E-state index contributed by atoms with van der Waals surface area (Å²) in [6.45, 7) is 7.20. The number of aliphatic carboxylic acids is 1. The molecule has 8 nitrogen and oxygen atoms in total. The number of fused-ring (bicyclic) bond motifs is 3. The normalized spacial score (nSPS) is 19.1. The van der Waals surface area contributed by atoms with Crippen LogP contribution in [0.1, 0.15) is 51.2 Å². The zero-order chi connectivity index (χ0) is 25.4. The van der Waals surface area contributed by atoms with Crippen molar-refractivity contribution in [1.29, 1.82) is 0 Å². The molecule has 1 heterocycles. The van der Waals surface area contributed by atoms with Gasteiger partial charge >= 0.3 is 18.2 Å². The second-order valence-corrected chi connectivity index (χ2v) is 10.0. The summed E-state index contributed by atoms with van der Waals surface area (Å²) in [6, 6.07) is 16.0. The second-order valence-electron chi connectivity index (χ2n) is 10.0. The summed E-state index contributed by atoms with van der Waals surface area (Å²) >= 11 is 0. The maximum Gasteiger partial charge on any atom is 0.410 e. The summed E-state index contributed by atoms with van der Waals surface area (Å²) in [4.78, 5) is 40.8. The standard InChI is InChI=1S/C27H32N2O6/c1-5-29(27(23(30)31)14-15-28(17-27)24(32)35-26(2,3)4)25(33)34-16-22-20-12-8-6-10-18(20)19-11-7-9-13-21(19)22/h6-13,22H,5,14-17H2,1-4H3,(H,30,31). The van der Waals surface area contributed by atoms with Crippen LogP contribution >= 0.6 is 0 Å². The topological polar surface area (TPSA) is 96.4 Å². The van der Waals surface area contributed by atoms with Crippen LogP contribution in [-0.2, 0) is 14.3 Å². The van der Waals surface area contributed by atoms with Gasteiger partial charge in [-0.1, -0.05) is 48.5 Å². The first-order valence-electron chi connectivity index (χ1n) is 11.9. The minimum absolute atomic E-state index is 0.0921. The van der Waals surface area contributed by atoms with Crippen molar-refractivity contribution in [2.24, 2.45) is 0 Å². The molecule has 0 bridgehead atoms. The Morgan fingerprint density at radius 2 is 1.63 bits per heavy atom. The fourth-order valence-corrected chi connectivity index (χ4v) is 5.06. The van der Waals surface area contributed by atoms with Gasteiger partial charge < -0.3 is 19.5 Å². The van der Waals surface area contributed by atoms with E-state index in [1.54, 1.807) is 27.7 Å². The van der Waals surface area contributed by atoms with Gasteiger partial charge in [-0.05, 0) is 49.9 Å². The molecule has 2 aromatic carbocycles. The Kier molecular flexibility index (Phi) is 6.49. The van der Waals surface area contributed by atoms with Gasteiger partial charge in [0, 0.05) is 25.4 Å². The van der Waals surface area contributed by atoms with Crippen molar-refractivity contribution < 1.29 is 29.0 Å². The van der Waals surface area contributed by atoms with E-state index >= 15 is 0 Å². The molecule has 0 radical (unpaired) electrons. The number of carbonyl (C=O) groups is 3. The average Bonchev–Trinajstić information content (AvgIpc) is 3.38. The molecule has 1 saturated heterocycles. The van der Waals surface area contributed by atoms with E-state index in [9.17, 15) is 19.5 Å². The third kappa shape index (κ3) is 4.57. The van der Waals surface area contributed by atoms with E-state index < -0.39 is 29.3 Å². The van der Waals surface area contributed by atoms with Gasteiger partial charge in [0.05, 0.1) is 6.54 Å². The van der Waals surface area contributed by atoms with Crippen LogP contribution in [0, 0.1) is 0 Å². The molecular formula is C27H32N2O6. The van der Waals surface area contributed by atoms with Crippen molar-refractivity contribution >= 4 is 18.2 Å². The number of hydrogen-bond acceptors (Lipinski definition) is 5. The summed E-state index contributed by atoms with van der Waals surface area (Å²) < 4.78 is 11.2. The highest BCUT2D eigenvalue weighted by molar-refractivity contribution is 5.86. The lowest BCUT2D eigenvalue weighted by Crippen LogP contribution is -2.59. The number of likely N-dealkylation sites (N-methyl/N-ethyl adjacent to an activating group) is 1. The second kappa shape index (κ2) is 9.24. The Hall–Kier alpha value is -3.55. The zero-order valence-electron chi connectivity index (χ0n) is 20.6. The van der Waals surface area contributed by atoms with Crippen LogP contribution < -0.4 is 0 Å². The average molecular weight is 481 g/mol. The molecule has 0 spiro atoms. The molecular weight excluding hydrogens is 448 g/mol. The van der Waals surface area contributed by atoms with Gasteiger partial charge in [0.2, 0.25) is 0 Å². The summed E-state index contributed by atoms with van der Waals surface area (Å²) in [6.07, 6.45) is -1.20. The minimum atomic E-state index is -1.58. The fourth-order valence-electron chi connectivity index (χ4n) is 5.06. The maximum absolute atomic E-state index is 13.3. The Morgan fingerprint density at radius 1 is 1.06 bits per heavy atom. The van der Waals surface area contributed by atoms with Crippen LogP contribution in [0.5, 0.6) is 0 Å². The number of amides is 2. The van der Waals surface area contributed by atoms with Crippen molar-refractivity contribution in [2.45, 2.75) is 51.2 Å². The Bertz CT molecular complexity index is 1090. The number of carboxylic acid groups (broad SMARTS) is 1. The van der Waals surface area contributed by atoms with Crippen molar-refractivity contribution in [3.05, 3.63) is 59.7 Å². The predicted octanol–water partition coefficient (Wildman–Crippen LogP) is 4.72. The molecule has 186 valence electrons. The lowest BCUT2D eigenvalue weighted by atomic mass is 9.96. The molecule has 2 aromatic rings. The van der Waals surface area contributed by atoms with Crippen molar-refractivity contribution in [1.82, 2.24) is 9.80 Å². The summed E-state index contributed by atoms with van der Waals surface area (Å²) in [5, 5.41) is 10.2. The van der Waals surface area contributed by atoms with Crippen LogP contribution in [-0.4, -0.2) is 70.4 Å². The van der Waals surface area contributed by atoms with Crippen molar-refractivity contribution in [3.63, 3.8) is 0 Å². The first-order chi connectivity index (χ1) is 16.6. The molecule has 1 aliphatic heterocycles. The van der Waals surface area contributed by atoms with E-state index in [2.05, 4.69) is 12.1 Å². The Morgan fingerprint density at radius 3 is 2.14 bits per heavy atom. The largest absolute Gasteiger partial charge is 0.479 e. The van der Waals surface area contributed by atoms with E-state index in [4.69, 9.17) is 9.47 Å². The van der Waals surface area contributed by atoms with Crippen molar-refractivity contribution in [2.75, 3.05) is 26.2 Å². The Balaban J connectivity index is 1.51. The smallest absolute Gasteiger partial charge is 0.410 e. The van der Waals surface area contributed by atoms with E-state index in [0.29, 0.717) is 0 Å². The molecule has 1 fully saturated rings. The van der Waals surface area contributed by atoms with Crippen LogP contribution in [0.25, 0.3) is 11.1 Å². The first kappa shape index (κ1) is 24.6. The molecule has 2 amide bonds. The van der Waals surface area contributed by atoms with E-state index in [-0.39, 0.29) is 38.6 Å². The SMILES string of the molecule is CCN(C(=O)OCC1c2ccccc2-c2ccccc21)C1(C(=O)O)CCN(C(=O)OC(C)(C)C)C1. The number of ether oxygens (including phenoxy) is 2. The van der Waals surface area contributed by atoms with Gasteiger partial charge in [-0.2, -0.15) is 0 Å². The quantitative estimate of drug-likeness (QED) is 0.665. The molecule has 4 rings (SSSR count). The first-order valence-corrected chi connectivity index (χ1v) is 11.9. The van der Waals surface area contributed by atoms with Crippen molar-refractivity contribution in [3.8, 4) is 11.1 Å². The van der Waals surface area contributed by atoms with Crippen LogP contribution in [0.2, 0.25) is 0 Å². The van der Waals surface area contributed by atoms with Crippen LogP contribution in [0.4, 0.5) is 9.59 Å². The zero-order valence-corrected chi connectivity index (χ0v) is 20.6. The molecule has 2 aliphatic rings. The van der Waals surface area contributed by atoms with Gasteiger partial charge in [-0.3, -0.25) is 4.90 Å². The number of hydrogen-bond donors (Lipinski definition) is 1. The lowest BCUT2D eigenvalue weighted by molar-refractivity contribution is -0.149. The Labute approximate surface area is 205 Å². The minimum Gasteiger partial charge on any atom is -0.479 e. The van der Waals surface area contributed by atoms with Crippen LogP contribution in [0.15, 0.2) is 48.5 Å². The highest BCUT2D eigenvalue weighted by atomic mass is 16.6. The molecule has 1 N–H and O–H groups in total. The third-order valence-electron chi connectivity index (χ3n) is 6.69. The number of rotatable bonds is 5. The predicted molar refractivity (Wildman–Crippen MR) is 130 cm³/mol. The molecule has 0 saturated carbocycles. The summed E-state index contributed by atoms with van der Waals surface area (Å²) in [5.74, 6) is -1.30.